The molecule has 0 unspecified atom stereocenters. The quantitative estimate of drug-likeness (QED) is 0.911. The number of nitrogens with one attached hydrogen (secondary N) is 1. The molecule has 0 bridgehead atoms. The van der Waals surface area contributed by atoms with Crippen molar-refractivity contribution in [2.24, 2.45) is 0 Å². The van der Waals surface area contributed by atoms with Gasteiger partial charge in [-0.2, -0.15) is 0 Å². The Morgan fingerprint density at radius 2 is 2.11 bits per heavy atom. The lowest BCUT2D eigenvalue weighted by Crippen LogP contribution is -2.27. The number of nitrogens with zero attached hydrogens (tertiary/aromatic N) is 1. The van der Waals surface area contributed by atoms with E-state index < -0.39 is 0 Å². The summed E-state index contributed by atoms with van der Waals surface area (Å²) < 4.78 is 7.22. The van der Waals surface area contributed by atoms with Gasteiger partial charge in [0.25, 0.3) is 5.91 Å². The summed E-state index contributed by atoms with van der Waals surface area (Å²) in [6, 6.07) is 11.4. The van der Waals surface area contributed by atoms with Crippen molar-refractivity contribution >= 4 is 5.91 Å². The van der Waals surface area contributed by atoms with Gasteiger partial charge in [0, 0.05) is 31.4 Å². The highest BCUT2D eigenvalue weighted by atomic mass is 16.5. The van der Waals surface area contributed by atoms with E-state index in [0.717, 1.165) is 31.0 Å². The SMILES string of the molecule is O=C(COc1ccccc1)n1ccc2c1CCNC2. The number of benzene rings is 1. The summed E-state index contributed by atoms with van der Waals surface area (Å²) in [5, 5.41) is 3.30. The summed E-state index contributed by atoms with van der Waals surface area (Å²) in [4.78, 5) is 12.2. The first-order chi connectivity index (χ1) is 9.34. The Balaban J connectivity index is 1.69. The average Bonchev–Trinajstić information content (AvgIpc) is 2.90. The van der Waals surface area contributed by atoms with Gasteiger partial charge in [-0.3, -0.25) is 9.36 Å². The van der Waals surface area contributed by atoms with Crippen molar-refractivity contribution in [3.8, 4) is 5.75 Å². The Morgan fingerprint density at radius 1 is 1.26 bits per heavy atom. The number of para-hydroxylation sites is 1. The number of hydrogen-bond acceptors (Lipinski definition) is 3. The highest BCUT2D eigenvalue weighted by Gasteiger charge is 2.17. The number of carbonyl (C=O) groups excluding carboxylic acids is 1. The second-order valence-corrected chi connectivity index (χ2v) is 4.58. The first-order valence-electron chi connectivity index (χ1n) is 6.45. The first kappa shape index (κ1) is 12.0. The van der Waals surface area contributed by atoms with Crippen molar-refractivity contribution in [2.45, 2.75) is 13.0 Å². The maximum atomic E-state index is 12.2. The summed E-state index contributed by atoms with van der Waals surface area (Å²) in [5.41, 5.74) is 2.32. The Bertz CT molecular complexity index is 575. The molecule has 0 radical (unpaired) electrons. The molecule has 0 saturated heterocycles. The zero-order valence-electron chi connectivity index (χ0n) is 10.6. The Morgan fingerprint density at radius 3 is 2.95 bits per heavy atom. The summed E-state index contributed by atoms with van der Waals surface area (Å²) >= 11 is 0. The number of rotatable bonds is 3. The lowest BCUT2D eigenvalue weighted by atomic mass is 10.1. The lowest BCUT2D eigenvalue weighted by Gasteiger charge is -2.16. The zero-order chi connectivity index (χ0) is 13.1. The molecule has 0 fully saturated rings. The monoisotopic (exact) mass is 256 g/mol. The van der Waals surface area contributed by atoms with Crippen molar-refractivity contribution < 1.29 is 9.53 Å². The number of fused-ring (bicyclic) bond motifs is 1. The van der Waals surface area contributed by atoms with E-state index in [2.05, 4.69) is 5.32 Å². The van der Waals surface area contributed by atoms with Crippen LogP contribution < -0.4 is 10.1 Å². The Kier molecular flexibility index (Phi) is 3.33. The van der Waals surface area contributed by atoms with Gasteiger partial charge in [0.2, 0.25) is 0 Å². The molecule has 98 valence electrons. The summed E-state index contributed by atoms with van der Waals surface area (Å²) in [5.74, 6) is 0.700. The minimum absolute atomic E-state index is 0.0213. The second-order valence-electron chi connectivity index (χ2n) is 4.58. The van der Waals surface area contributed by atoms with Crippen LogP contribution in [0.5, 0.6) is 5.75 Å². The fourth-order valence-electron chi connectivity index (χ4n) is 2.34. The number of carbonyl (C=O) groups is 1. The van der Waals surface area contributed by atoms with Crippen LogP contribution in [-0.2, 0) is 13.0 Å². The third kappa shape index (κ3) is 2.53. The van der Waals surface area contributed by atoms with Crippen LogP contribution in [-0.4, -0.2) is 23.6 Å². The van der Waals surface area contributed by atoms with Crippen LogP contribution in [0.2, 0.25) is 0 Å². The van der Waals surface area contributed by atoms with Crippen molar-refractivity contribution in [3.05, 3.63) is 53.9 Å². The van der Waals surface area contributed by atoms with Crippen LogP contribution in [0.25, 0.3) is 0 Å². The van der Waals surface area contributed by atoms with Crippen molar-refractivity contribution in [1.29, 1.82) is 0 Å². The van der Waals surface area contributed by atoms with E-state index in [9.17, 15) is 4.79 Å². The summed E-state index contributed by atoms with van der Waals surface area (Å²) in [6.07, 6.45) is 2.73. The normalized spacial score (nSPS) is 13.9. The number of ether oxygens (including phenoxy) is 1. The van der Waals surface area contributed by atoms with Crippen LogP contribution in [0.3, 0.4) is 0 Å². The molecular weight excluding hydrogens is 240 g/mol. The Hall–Kier alpha value is -2.07. The molecule has 0 saturated carbocycles. The molecule has 2 aromatic rings. The predicted octanol–water partition coefficient (Wildman–Crippen LogP) is 1.85. The molecular formula is C15H16N2O2. The molecule has 0 spiro atoms. The minimum Gasteiger partial charge on any atom is -0.484 e. The van der Waals surface area contributed by atoms with Gasteiger partial charge in [0.05, 0.1) is 0 Å². The van der Waals surface area contributed by atoms with E-state index in [1.807, 2.05) is 42.6 Å². The van der Waals surface area contributed by atoms with E-state index >= 15 is 0 Å². The molecule has 0 aliphatic carbocycles. The third-order valence-electron chi connectivity index (χ3n) is 3.31. The van der Waals surface area contributed by atoms with Gasteiger partial charge in [-0.1, -0.05) is 18.2 Å². The molecule has 19 heavy (non-hydrogen) atoms. The topological polar surface area (TPSA) is 43.3 Å². The summed E-state index contributed by atoms with van der Waals surface area (Å²) in [7, 11) is 0. The molecule has 4 heteroatoms. The third-order valence-corrected chi connectivity index (χ3v) is 3.31. The minimum atomic E-state index is -0.0213. The van der Waals surface area contributed by atoms with Gasteiger partial charge in [-0.15, -0.1) is 0 Å². The van der Waals surface area contributed by atoms with E-state index in [-0.39, 0.29) is 12.5 Å². The summed E-state index contributed by atoms with van der Waals surface area (Å²) in [6.45, 7) is 1.83. The lowest BCUT2D eigenvalue weighted by molar-refractivity contribution is 0.0834. The number of hydrogen-bond donors (Lipinski definition) is 1. The van der Waals surface area contributed by atoms with Crippen molar-refractivity contribution in [1.82, 2.24) is 9.88 Å². The second kappa shape index (κ2) is 5.28. The van der Waals surface area contributed by atoms with Gasteiger partial charge in [-0.05, 0) is 23.8 Å². The van der Waals surface area contributed by atoms with Crippen molar-refractivity contribution in [3.63, 3.8) is 0 Å². The molecule has 1 aliphatic heterocycles. The van der Waals surface area contributed by atoms with Gasteiger partial charge in [-0.25, -0.2) is 0 Å². The maximum absolute atomic E-state index is 12.2. The highest BCUT2D eigenvalue weighted by Crippen LogP contribution is 2.15. The van der Waals surface area contributed by atoms with E-state index in [1.54, 1.807) is 4.57 Å². The standard InChI is InChI=1S/C15H16N2O2/c18-15(11-19-13-4-2-1-3-5-13)17-9-7-12-10-16-8-6-14(12)17/h1-5,7,9,16H,6,8,10-11H2. The largest absolute Gasteiger partial charge is 0.484 e. The van der Waals surface area contributed by atoms with E-state index in [0.29, 0.717) is 0 Å². The van der Waals surface area contributed by atoms with Crippen LogP contribution >= 0.6 is 0 Å². The van der Waals surface area contributed by atoms with Crippen LogP contribution in [0, 0.1) is 0 Å². The van der Waals surface area contributed by atoms with E-state index in [1.165, 1.54) is 5.56 Å². The van der Waals surface area contributed by atoms with Gasteiger partial charge >= 0.3 is 0 Å². The fraction of sp³-hybridized carbons (Fsp3) is 0.267. The fourth-order valence-corrected chi connectivity index (χ4v) is 2.34. The van der Waals surface area contributed by atoms with Crippen molar-refractivity contribution in [2.75, 3.05) is 13.2 Å². The molecule has 1 N–H and O–H groups in total. The molecule has 3 rings (SSSR count). The predicted molar refractivity (Wildman–Crippen MR) is 72.4 cm³/mol. The average molecular weight is 256 g/mol. The molecule has 1 aliphatic rings. The van der Waals surface area contributed by atoms with Crippen LogP contribution in [0.1, 0.15) is 16.1 Å². The molecule has 0 atom stereocenters. The molecule has 0 amide bonds. The zero-order valence-corrected chi connectivity index (χ0v) is 10.6. The van der Waals surface area contributed by atoms with Gasteiger partial charge < -0.3 is 10.1 Å². The Labute approximate surface area is 112 Å². The molecule has 1 aromatic heterocycles. The van der Waals surface area contributed by atoms with Gasteiger partial charge in [0.15, 0.2) is 6.61 Å². The molecule has 1 aromatic carbocycles. The molecule has 4 nitrogen and oxygen atoms in total. The highest BCUT2D eigenvalue weighted by molar-refractivity contribution is 5.81. The maximum Gasteiger partial charge on any atom is 0.268 e. The van der Waals surface area contributed by atoms with Crippen LogP contribution in [0.15, 0.2) is 42.6 Å². The molecule has 2 heterocycles. The smallest absolute Gasteiger partial charge is 0.268 e. The number of aromatic nitrogens is 1. The first-order valence-corrected chi connectivity index (χ1v) is 6.45. The van der Waals surface area contributed by atoms with Crippen LogP contribution in [0.4, 0.5) is 0 Å². The van der Waals surface area contributed by atoms with Gasteiger partial charge in [0.1, 0.15) is 5.75 Å². The van der Waals surface area contributed by atoms with E-state index in [4.69, 9.17) is 4.74 Å².